The maximum atomic E-state index is 14.7. The van der Waals surface area contributed by atoms with Gasteiger partial charge in [0.1, 0.15) is 29.4 Å². The Labute approximate surface area is 201 Å². The summed E-state index contributed by atoms with van der Waals surface area (Å²) >= 11 is 0. The minimum absolute atomic E-state index is 0.0739. The van der Waals surface area contributed by atoms with Crippen LogP contribution < -0.4 is 10.2 Å². The van der Waals surface area contributed by atoms with Crippen molar-refractivity contribution in [2.75, 3.05) is 37.5 Å². The maximum Gasteiger partial charge on any atom is 0.266 e. The molecule has 3 atom stereocenters. The van der Waals surface area contributed by atoms with E-state index < -0.39 is 35.7 Å². The minimum atomic E-state index is -2.93. The van der Waals surface area contributed by atoms with E-state index >= 15 is 0 Å². The topological polar surface area (TPSA) is 90.8 Å². The second-order valence-corrected chi connectivity index (χ2v) is 8.85. The van der Waals surface area contributed by atoms with Crippen LogP contribution in [0.1, 0.15) is 49.4 Å². The molecule has 4 rings (SSSR count). The smallest absolute Gasteiger partial charge is 0.266 e. The first-order chi connectivity index (χ1) is 16.6. The standard InChI is InChI=1S/C24H28F3N5O3/c1-13(15-6-5-7-16(19(15)25)20(26)27)30-21-17-10-18(23(34)31(3)22(17)29-12-28-21)24(35-4)8-9-32(11-24)14(2)33/h5-7,10,12-13,20,23,34H,8-9,11H2,1-4H3,(H,28,29,30)/t13-,23?,24?/m1/s1. The molecule has 1 aromatic heterocycles. The largest absolute Gasteiger partial charge is 0.372 e. The third-order valence-electron chi connectivity index (χ3n) is 6.85. The average Bonchev–Trinajstić information content (AvgIpc) is 3.27. The van der Waals surface area contributed by atoms with Gasteiger partial charge in [0.05, 0.1) is 23.7 Å². The van der Waals surface area contributed by atoms with Crippen molar-refractivity contribution >= 4 is 23.6 Å². The number of hydrogen-bond acceptors (Lipinski definition) is 7. The summed E-state index contributed by atoms with van der Waals surface area (Å²) in [6.45, 7) is 3.89. The van der Waals surface area contributed by atoms with Crippen LogP contribution in [0.2, 0.25) is 0 Å². The monoisotopic (exact) mass is 491 g/mol. The lowest BCUT2D eigenvalue weighted by atomic mass is 9.87. The average molecular weight is 492 g/mol. The van der Waals surface area contributed by atoms with Crippen LogP contribution in [0.5, 0.6) is 0 Å². The summed E-state index contributed by atoms with van der Waals surface area (Å²) in [4.78, 5) is 23.8. The summed E-state index contributed by atoms with van der Waals surface area (Å²) in [7, 11) is 3.21. The summed E-state index contributed by atoms with van der Waals surface area (Å²) in [5.74, 6) is -0.285. The molecule has 3 heterocycles. The predicted octanol–water partition coefficient (Wildman–Crippen LogP) is 3.52. The van der Waals surface area contributed by atoms with Gasteiger partial charge in [0.2, 0.25) is 5.91 Å². The summed E-state index contributed by atoms with van der Waals surface area (Å²) in [6, 6.07) is 3.19. The predicted molar refractivity (Wildman–Crippen MR) is 124 cm³/mol. The third kappa shape index (κ3) is 4.34. The van der Waals surface area contributed by atoms with E-state index in [4.69, 9.17) is 4.74 Å². The molecule has 2 aliphatic rings. The summed E-state index contributed by atoms with van der Waals surface area (Å²) in [5, 5.41) is 14.2. The van der Waals surface area contributed by atoms with E-state index in [-0.39, 0.29) is 18.0 Å². The highest BCUT2D eigenvalue weighted by Crippen LogP contribution is 2.42. The van der Waals surface area contributed by atoms with Gasteiger partial charge in [0.25, 0.3) is 6.43 Å². The van der Waals surface area contributed by atoms with Crippen LogP contribution in [0.4, 0.5) is 24.8 Å². The number of carbonyl (C=O) groups excluding carboxylic acids is 1. The molecule has 11 heteroatoms. The van der Waals surface area contributed by atoms with Crippen LogP contribution in [0, 0.1) is 5.82 Å². The third-order valence-corrected chi connectivity index (χ3v) is 6.85. The fraction of sp³-hybridized carbons (Fsp3) is 0.458. The number of ether oxygens (including phenoxy) is 1. The van der Waals surface area contributed by atoms with Gasteiger partial charge in [-0.1, -0.05) is 18.2 Å². The zero-order chi connectivity index (χ0) is 25.5. The van der Waals surface area contributed by atoms with Crippen LogP contribution in [-0.2, 0) is 9.53 Å². The molecule has 0 saturated carbocycles. The number of carbonyl (C=O) groups is 1. The Kier molecular flexibility index (Phi) is 6.74. The van der Waals surface area contributed by atoms with Crippen LogP contribution in [-0.4, -0.2) is 65.0 Å². The van der Waals surface area contributed by atoms with Crippen molar-refractivity contribution in [2.24, 2.45) is 0 Å². The van der Waals surface area contributed by atoms with Gasteiger partial charge in [-0.25, -0.2) is 23.1 Å². The molecular formula is C24H28F3N5O3. The van der Waals surface area contributed by atoms with Crippen LogP contribution in [0.15, 0.2) is 30.1 Å². The molecule has 1 aromatic carbocycles. The van der Waals surface area contributed by atoms with Crippen molar-refractivity contribution in [2.45, 2.75) is 44.6 Å². The van der Waals surface area contributed by atoms with Gasteiger partial charge >= 0.3 is 0 Å². The molecule has 0 bridgehead atoms. The highest BCUT2D eigenvalue weighted by Gasteiger charge is 2.47. The molecule has 8 nitrogen and oxygen atoms in total. The number of rotatable bonds is 6. The first-order valence-corrected chi connectivity index (χ1v) is 11.2. The zero-order valence-corrected chi connectivity index (χ0v) is 19.9. The van der Waals surface area contributed by atoms with Gasteiger partial charge in [-0.2, -0.15) is 0 Å². The Balaban J connectivity index is 1.73. The normalized spacial score (nSPS) is 22.8. The molecule has 1 saturated heterocycles. The molecule has 0 aliphatic carbocycles. The van der Waals surface area contributed by atoms with Gasteiger partial charge in [-0.05, 0) is 19.4 Å². The molecule has 2 unspecified atom stereocenters. The molecule has 2 aromatic rings. The van der Waals surface area contributed by atoms with Crippen LogP contribution in [0.25, 0.3) is 6.08 Å². The molecule has 1 amide bonds. The van der Waals surface area contributed by atoms with Gasteiger partial charge in [0, 0.05) is 38.8 Å². The van der Waals surface area contributed by atoms with Crippen molar-refractivity contribution in [1.82, 2.24) is 14.9 Å². The van der Waals surface area contributed by atoms with E-state index in [0.29, 0.717) is 35.7 Å². The highest BCUT2D eigenvalue weighted by atomic mass is 19.3. The zero-order valence-electron chi connectivity index (χ0n) is 19.9. The quantitative estimate of drug-likeness (QED) is 0.639. The van der Waals surface area contributed by atoms with Gasteiger partial charge < -0.3 is 25.0 Å². The number of anilines is 2. The van der Waals surface area contributed by atoms with E-state index in [1.807, 2.05) is 0 Å². The van der Waals surface area contributed by atoms with Gasteiger partial charge in [-0.15, -0.1) is 0 Å². The van der Waals surface area contributed by atoms with Crippen molar-refractivity contribution in [3.63, 3.8) is 0 Å². The Morgan fingerprint density at radius 1 is 1.31 bits per heavy atom. The lowest BCUT2D eigenvalue weighted by Gasteiger charge is -2.40. The number of nitrogens with one attached hydrogen (secondary N) is 1. The molecular weight excluding hydrogens is 463 g/mol. The molecule has 2 aliphatic heterocycles. The van der Waals surface area contributed by atoms with E-state index in [1.165, 1.54) is 32.5 Å². The number of halogens is 3. The Bertz CT molecular complexity index is 1160. The summed E-state index contributed by atoms with van der Waals surface area (Å²) in [5.41, 5.74) is -0.428. The number of alkyl halides is 2. The summed E-state index contributed by atoms with van der Waals surface area (Å²) < 4.78 is 47.0. The SMILES string of the molecule is COC1(C2=Cc3c(N[C@H](C)c4cccc(C(F)F)c4F)ncnc3N(C)C2O)CCN(C(C)=O)C1. The Morgan fingerprint density at radius 2 is 2.03 bits per heavy atom. The highest BCUT2D eigenvalue weighted by molar-refractivity contribution is 5.80. The number of aliphatic hydroxyl groups excluding tert-OH is 1. The molecule has 188 valence electrons. The number of benzene rings is 1. The van der Waals surface area contributed by atoms with Crippen molar-refractivity contribution in [3.8, 4) is 0 Å². The number of aliphatic hydroxyl groups is 1. The Hall–Kier alpha value is -3.18. The molecule has 0 radical (unpaired) electrons. The van der Waals surface area contributed by atoms with E-state index in [9.17, 15) is 23.1 Å². The number of likely N-dealkylation sites (N-methyl/N-ethyl adjacent to an activating group) is 1. The first kappa shape index (κ1) is 24.9. The molecule has 1 fully saturated rings. The summed E-state index contributed by atoms with van der Waals surface area (Å²) in [6.07, 6.45) is -0.460. The van der Waals surface area contributed by atoms with Crippen molar-refractivity contribution in [3.05, 3.63) is 52.6 Å². The number of aromatic nitrogens is 2. The second-order valence-electron chi connectivity index (χ2n) is 8.85. The second kappa shape index (κ2) is 9.46. The lowest BCUT2D eigenvalue weighted by Crippen LogP contribution is -2.48. The first-order valence-electron chi connectivity index (χ1n) is 11.2. The van der Waals surface area contributed by atoms with Gasteiger partial charge in [0.15, 0.2) is 6.23 Å². The molecule has 35 heavy (non-hydrogen) atoms. The van der Waals surface area contributed by atoms with Crippen molar-refractivity contribution < 1.29 is 27.8 Å². The number of likely N-dealkylation sites (tertiary alicyclic amines) is 1. The number of fused-ring (bicyclic) bond motifs is 1. The maximum absolute atomic E-state index is 14.7. The number of nitrogens with zero attached hydrogens (tertiary/aromatic N) is 4. The fourth-order valence-electron chi connectivity index (χ4n) is 4.76. The number of methoxy groups -OCH3 is 1. The number of hydrogen-bond donors (Lipinski definition) is 2. The van der Waals surface area contributed by atoms with Crippen LogP contribution >= 0.6 is 0 Å². The lowest BCUT2D eigenvalue weighted by molar-refractivity contribution is -0.128. The van der Waals surface area contributed by atoms with Gasteiger partial charge in [-0.3, -0.25) is 4.79 Å². The Morgan fingerprint density at radius 3 is 2.66 bits per heavy atom. The van der Waals surface area contributed by atoms with E-state index in [1.54, 1.807) is 29.8 Å². The fourth-order valence-corrected chi connectivity index (χ4v) is 4.76. The molecule has 0 spiro atoms. The molecule has 2 N–H and O–H groups in total. The number of amides is 1. The van der Waals surface area contributed by atoms with Crippen LogP contribution in [0.3, 0.4) is 0 Å². The van der Waals surface area contributed by atoms with E-state index in [2.05, 4.69) is 15.3 Å². The minimum Gasteiger partial charge on any atom is -0.372 e. The van der Waals surface area contributed by atoms with E-state index in [0.717, 1.165) is 6.07 Å². The van der Waals surface area contributed by atoms with Crippen molar-refractivity contribution in [1.29, 1.82) is 0 Å².